The molecule has 0 unspecified atom stereocenters. The second-order valence-electron chi connectivity index (χ2n) is 8.87. The molecule has 4 N–H and O–H groups in total. The zero-order chi connectivity index (χ0) is 25.9. The average molecular weight is 507 g/mol. The summed E-state index contributed by atoms with van der Waals surface area (Å²) in [7, 11) is 0. The lowest BCUT2D eigenvalue weighted by molar-refractivity contribution is -0.278. The van der Waals surface area contributed by atoms with Crippen LogP contribution in [0.4, 0.5) is 4.39 Å². The Morgan fingerprint density at radius 3 is 2.24 bits per heavy atom. The van der Waals surface area contributed by atoms with E-state index in [1.54, 1.807) is 16.8 Å². The highest BCUT2D eigenvalue weighted by atomic mass is 19.1. The lowest BCUT2D eigenvalue weighted by Crippen LogP contribution is -2.60. The van der Waals surface area contributed by atoms with Crippen LogP contribution in [0.3, 0.4) is 0 Å². The van der Waals surface area contributed by atoms with Crippen LogP contribution in [0.15, 0.2) is 84.9 Å². The number of nitrogens with zero attached hydrogens (tertiary/aromatic N) is 2. The molecular weight excluding hydrogens is 479 g/mol. The van der Waals surface area contributed by atoms with E-state index in [0.717, 1.165) is 11.1 Å². The first kappa shape index (κ1) is 25.1. The second-order valence-corrected chi connectivity index (χ2v) is 8.87. The summed E-state index contributed by atoms with van der Waals surface area (Å²) in [6, 6.07) is 25.1. The number of ether oxygens (including phenoxy) is 2. The van der Waals surface area contributed by atoms with Gasteiger partial charge >= 0.3 is 0 Å². The third kappa shape index (κ3) is 5.13. The predicted molar refractivity (Wildman–Crippen MR) is 133 cm³/mol. The van der Waals surface area contributed by atoms with Crippen molar-refractivity contribution in [1.29, 1.82) is 0 Å². The van der Waals surface area contributed by atoms with Gasteiger partial charge in [-0.05, 0) is 23.8 Å². The van der Waals surface area contributed by atoms with E-state index >= 15 is 0 Å². The van der Waals surface area contributed by atoms with Crippen molar-refractivity contribution < 1.29 is 34.3 Å². The Hall–Kier alpha value is -3.60. The molecule has 5 rings (SSSR count). The van der Waals surface area contributed by atoms with E-state index in [9.17, 15) is 24.8 Å². The Labute approximate surface area is 212 Å². The van der Waals surface area contributed by atoms with Gasteiger partial charge in [-0.3, -0.25) is 0 Å². The molecule has 1 aromatic heterocycles. The number of aliphatic hydroxyl groups excluding tert-OH is 4. The molecule has 1 aliphatic rings. The van der Waals surface area contributed by atoms with Crippen molar-refractivity contribution in [2.75, 3.05) is 6.61 Å². The summed E-state index contributed by atoms with van der Waals surface area (Å²) in [6.07, 6.45) is -6.92. The zero-order valence-corrected chi connectivity index (χ0v) is 19.8. The van der Waals surface area contributed by atoms with Crippen molar-refractivity contribution >= 4 is 0 Å². The minimum Gasteiger partial charge on any atom is -0.443 e. The number of hydrogen-bond acceptors (Lipinski definition) is 7. The molecule has 0 bridgehead atoms. The summed E-state index contributed by atoms with van der Waals surface area (Å²) >= 11 is 0. The molecule has 1 saturated heterocycles. The molecule has 2 heterocycles. The maximum absolute atomic E-state index is 14.2. The average Bonchev–Trinajstić information content (AvgIpc) is 3.27. The maximum Gasteiger partial charge on any atom is 0.239 e. The molecule has 0 aliphatic carbocycles. The first-order valence-corrected chi connectivity index (χ1v) is 11.9. The van der Waals surface area contributed by atoms with E-state index in [-0.39, 0.29) is 5.88 Å². The molecule has 0 spiro atoms. The monoisotopic (exact) mass is 506 g/mol. The van der Waals surface area contributed by atoms with Crippen LogP contribution in [-0.2, 0) is 11.2 Å². The SMILES string of the molecule is OC[C@H]1O[C@@H](Oc2nn(-c3cccc(F)c3)c(-c3ccccc3)c2Cc2ccccc2)[C@H](O)[C@@H](O)[C@@H]1O. The van der Waals surface area contributed by atoms with Crippen LogP contribution in [0.5, 0.6) is 5.88 Å². The largest absolute Gasteiger partial charge is 0.443 e. The van der Waals surface area contributed by atoms with Crippen LogP contribution in [0.25, 0.3) is 16.9 Å². The normalized spacial score (nSPS) is 23.6. The Kier molecular flexibility index (Phi) is 7.31. The molecule has 9 heteroatoms. The summed E-state index contributed by atoms with van der Waals surface area (Å²) in [5.41, 5.74) is 3.50. The van der Waals surface area contributed by atoms with Crippen molar-refractivity contribution in [3.63, 3.8) is 0 Å². The van der Waals surface area contributed by atoms with E-state index in [2.05, 4.69) is 5.10 Å². The van der Waals surface area contributed by atoms with E-state index in [1.807, 2.05) is 60.7 Å². The highest BCUT2D eigenvalue weighted by Gasteiger charge is 2.45. The summed E-state index contributed by atoms with van der Waals surface area (Å²) in [5.74, 6) is -0.343. The molecule has 1 fully saturated rings. The minimum atomic E-state index is -1.61. The standard InChI is InChI=1S/C28H27FN2O6/c29-19-12-7-13-20(15-19)31-23(18-10-5-2-6-11-18)21(14-17-8-3-1-4-9-17)27(30-31)37-28-26(35)25(34)24(33)22(16-32)36-28/h1-13,15,22,24-26,28,32-35H,14,16H2/t22-,24-,25+,26-,28+/m1/s1. The Morgan fingerprint density at radius 2 is 1.57 bits per heavy atom. The van der Waals surface area contributed by atoms with Gasteiger partial charge in [0.05, 0.1) is 18.0 Å². The molecule has 0 saturated carbocycles. The third-order valence-corrected chi connectivity index (χ3v) is 6.35. The van der Waals surface area contributed by atoms with Crippen LogP contribution >= 0.6 is 0 Å². The highest BCUT2D eigenvalue weighted by Crippen LogP contribution is 2.36. The van der Waals surface area contributed by atoms with Gasteiger partial charge in [-0.1, -0.05) is 66.7 Å². The molecule has 192 valence electrons. The molecule has 4 aromatic rings. The van der Waals surface area contributed by atoms with Gasteiger partial charge in [0.2, 0.25) is 12.2 Å². The maximum atomic E-state index is 14.2. The molecule has 8 nitrogen and oxygen atoms in total. The lowest BCUT2D eigenvalue weighted by Gasteiger charge is -2.39. The van der Waals surface area contributed by atoms with Crippen molar-refractivity contribution in [2.24, 2.45) is 0 Å². The van der Waals surface area contributed by atoms with Gasteiger partial charge in [0.15, 0.2) is 0 Å². The smallest absolute Gasteiger partial charge is 0.239 e. The molecule has 5 atom stereocenters. The Balaban J connectivity index is 1.66. The third-order valence-electron chi connectivity index (χ3n) is 6.35. The Morgan fingerprint density at radius 1 is 0.865 bits per heavy atom. The molecule has 0 radical (unpaired) electrons. The predicted octanol–water partition coefficient (Wildman–Crippen LogP) is 2.45. The zero-order valence-electron chi connectivity index (χ0n) is 19.8. The van der Waals surface area contributed by atoms with Gasteiger partial charge in [-0.15, -0.1) is 5.10 Å². The highest BCUT2D eigenvalue weighted by molar-refractivity contribution is 5.69. The molecule has 1 aliphatic heterocycles. The fourth-order valence-electron chi connectivity index (χ4n) is 4.45. The number of hydrogen-bond donors (Lipinski definition) is 4. The fraction of sp³-hybridized carbons (Fsp3) is 0.250. The quantitative estimate of drug-likeness (QED) is 0.304. The van der Waals surface area contributed by atoms with Gasteiger partial charge in [-0.2, -0.15) is 0 Å². The topological polar surface area (TPSA) is 117 Å². The van der Waals surface area contributed by atoms with Gasteiger partial charge in [0.1, 0.15) is 30.2 Å². The summed E-state index contributed by atoms with van der Waals surface area (Å²) in [6.45, 7) is -0.589. The van der Waals surface area contributed by atoms with Crippen molar-refractivity contribution in [3.8, 4) is 22.8 Å². The molecule has 3 aromatic carbocycles. The number of aromatic nitrogens is 2. The van der Waals surface area contributed by atoms with E-state index in [0.29, 0.717) is 23.4 Å². The molecule has 37 heavy (non-hydrogen) atoms. The molecule has 0 amide bonds. The van der Waals surface area contributed by atoms with E-state index in [1.165, 1.54) is 12.1 Å². The Bertz CT molecular complexity index is 1330. The first-order chi connectivity index (χ1) is 18.0. The summed E-state index contributed by atoms with van der Waals surface area (Å²) < 4.78 is 27.4. The molecular formula is C28H27FN2O6. The minimum absolute atomic E-state index is 0.0938. The lowest BCUT2D eigenvalue weighted by atomic mass is 9.99. The van der Waals surface area contributed by atoms with Crippen LogP contribution in [0.2, 0.25) is 0 Å². The van der Waals surface area contributed by atoms with Crippen molar-refractivity contribution in [3.05, 3.63) is 102 Å². The van der Waals surface area contributed by atoms with E-state index < -0.39 is 43.1 Å². The second kappa shape index (κ2) is 10.8. The van der Waals surface area contributed by atoms with Crippen LogP contribution < -0.4 is 4.74 Å². The number of aliphatic hydroxyl groups is 4. The first-order valence-electron chi connectivity index (χ1n) is 11.9. The van der Waals surface area contributed by atoms with Crippen LogP contribution in [-0.4, -0.2) is 67.5 Å². The van der Waals surface area contributed by atoms with E-state index in [4.69, 9.17) is 9.47 Å². The summed E-state index contributed by atoms with van der Waals surface area (Å²) in [5, 5.41) is 45.2. The van der Waals surface area contributed by atoms with Gasteiger partial charge in [0.25, 0.3) is 0 Å². The van der Waals surface area contributed by atoms with Crippen LogP contribution in [0.1, 0.15) is 11.1 Å². The van der Waals surface area contributed by atoms with Crippen LogP contribution in [0, 0.1) is 5.82 Å². The van der Waals surface area contributed by atoms with Gasteiger partial charge < -0.3 is 29.9 Å². The van der Waals surface area contributed by atoms with Crippen molar-refractivity contribution in [1.82, 2.24) is 9.78 Å². The number of benzene rings is 3. The number of rotatable bonds is 7. The summed E-state index contributed by atoms with van der Waals surface area (Å²) in [4.78, 5) is 0. The van der Waals surface area contributed by atoms with Gasteiger partial charge in [0, 0.05) is 17.5 Å². The van der Waals surface area contributed by atoms with Gasteiger partial charge in [-0.25, -0.2) is 9.07 Å². The fourth-order valence-corrected chi connectivity index (χ4v) is 4.45. The van der Waals surface area contributed by atoms with Crippen molar-refractivity contribution in [2.45, 2.75) is 37.1 Å². The number of halogens is 1.